The molecule has 0 aliphatic heterocycles. The smallest absolute Gasteiger partial charge is 0.343 e. The van der Waals surface area contributed by atoms with E-state index < -0.39 is 41.1 Å². The first-order chi connectivity index (χ1) is 14.9. The molecule has 1 N–H and O–H groups in total. The summed E-state index contributed by atoms with van der Waals surface area (Å²) in [6, 6.07) is 3.51. The van der Waals surface area contributed by atoms with E-state index in [0.717, 1.165) is 30.5 Å². The molecule has 2 aromatic heterocycles. The number of carbonyl (C=O) groups excluding carboxylic acids is 1. The van der Waals surface area contributed by atoms with Gasteiger partial charge in [0.1, 0.15) is 0 Å². The number of allylic oxidation sites excluding steroid dienone is 3. The molecule has 2 rings (SSSR count). The van der Waals surface area contributed by atoms with E-state index in [2.05, 4.69) is 21.9 Å². The van der Waals surface area contributed by atoms with Crippen LogP contribution in [-0.2, 0) is 17.4 Å². The lowest BCUT2D eigenvalue weighted by molar-refractivity contribution is -0.139. The quantitative estimate of drug-likeness (QED) is 0.442. The Morgan fingerprint density at radius 3 is 2.38 bits per heavy atom. The van der Waals surface area contributed by atoms with Gasteiger partial charge in [-0.25, -0.2) is 0 Å². The van der Waals surface area contributed by atoms with E-state index >= 15 is 0 Å². The zero-order chi connectivity index (χ0) is 23.9. The van der Waals surface area contributed by atoms with Gasteiger partial charge in [0.25, 0.3) is 0 Å². The zero-order valence-electron chi connectivity index (χ0n) is 16.8. The molecule has 0 unspecified atom stereocenters. The summed E-state index contributed by atoms with van der Waals surface area (Å²) < 4.78 is 79.5. The van der Waals surface area contributed by atoms with Crippen molar-refractivity contribution in [2.24, 2.45) is 0 Å². The van der Waals surface area contributed by atoms with Gasteiger partial charge in [0.05, 0.1) is 29.3 Å². The van der Waals surface area contributed by atoms with Crippen LogP contribution in [0.2, 0.25) is 0 Å². The first-order valence-electron chi connectivity index (χ1n) is 9.24. The molecular formula is C22H19F6N3O. The summed E-state index contributed by atoms with van der Waals surface area (Å²) in [6.45, 7) is 4.76. The predicted octanol–water partition coefficient (Wildman–Crippen LogP) is 5.52. The lowest BCUT2D eigenvalue weighted by atomic mass is 9.98. The molecule has 1 atom stereocenters. The molecule has 0 radical (unpaired) electrons. The number of rotatable bonds is 7. The Bertz CT molecular complexity index is 1010. The average Bonchev–Trinajstić information content (AvgIpc) is 2.71. The Kier molecular flexibility index (Phi) is 7.96. The minimum atomic E-state index is -4.81. The molecule has 0 spiro atoms. The van der Waals surface area contributed by atoms with E-state index in [-0.39, 0.29) is 12.0 Å². The number of nitrogens with zero attached hydrogens (tertiary/aromatic N) is 2. The number of halogens is 6. The number of hydrogen-bond donors (Lipinski definition) is 1. The van der Waals surface area contributed by atoms with E-state index in [1.165, 1.54) is 19.3 Å². The summed E-state index contributed by atoms with van der Waals surface area (Å²) in [4.78, 5) is 20.1. The van der Waals surface area contributed by atoms with Crippen LogP contribution in [0.3, 0.4) is 0 Å². The summed E-state index contributed by atoms with van der Waals surface area (Å²) >= 11 is 0. The SMILES string of the molecule is C=C(/C=C\C(=C/C)C(F)(F)F)[C@H](NC(=O)Cc1cccnc1)c1ncccc1C(F)(F)F. The van der Waals surface area contributed by atoms with Crippen molar-refractivity contribution in [3.8, 4) is 0 Å². The predicted molar refractivity (Wildman–Crippen MR) is 106 cm³/mol. The molecule has 2 aromatic rings. The lowest BCUT2D eigenvalue weighted by Gasteiger charge is -2.22. The second kappa shape index (κ2) is 10.3. The third-order valence-electron chi connectivity index (χ3n) is 4.30. The highest BCUT2D eigenvalue weighted by molar-refractivity contribution is 5.79. The lowest BCUT2D eigenvalue weighted by Crippen LogP contribution is -2.32. The molecule has 2 heterocycles. The van der Waals surface area contributed by atoms with Crippen LogP contribution in [-0.4, -0.2) is 22.1 Å². The highest BCUT2D eigenvalue weighted by Crippen LogP contribution is 2.36. The maximum Gasteiger partial charge on any atom is 0.418 e. The van der Waals surface area contributed by atoms with Crippen molar-refractivity contribution in [2.45, 2.75) is 31.7 Å². The first-order valence-corrected chi connectivity index (χ1v) is 9.24. The van der Waals surface area contributed by atoms with Crippen LogP contribution in [0.25, 0.3) is 0 Å². The minimum Gasteiger partial charge on any atom is -0.343 e. The van der Waals surface area contributed by atoms with Crippen LogP contribution in [0.15, 0.2) is 78.8 Å². The number of alkyl halides is 6. The number of aromatic nitrogens is 2. The van der Waals surface area contributed by atoms with Gasteiger partial charge in [-0.15, -0.1) is 0 Å². The van der Waals surface area contributed by atoms with Gasteiger partial charge < -0.3 is 5.32 Å². The van der Waals surface area contributed by atoms with E-state index in [1.54, 1.807) is 12.1 Å². The molecule has 170 valence electrons. The van der Waals surface area contributed by atoms with Gasteiger partial charge in [-0.1, -0.05) is 30.9 Å². The molecule has 0 fully saturated rings. The molecule has 32 heavy (non-hydrogen) atoms. The molecule has 0 aliphatic rings. The standard InChI is InChI=1S/C22H19F6N3O/c1-3-16(21(23,24)25)9-8-14(2)19(20-17(22(26,27)28)7-5-11-30-20)31-18(32)12-15-6-4-10-29-13-15/h3-11,13,19H,2,12H2,1H3,(H,31,32)/b9-8-,16-3+/t19-/m0/s1. The van der Waals surface area contributed by atoms with E-state index in [9.17, 15) is 31.1 Å². The minimum absolute atomic E-state index is 0.210. The van der Waals surface area contributed by atoms with Crippen LogP contribution in [0.1, 0.15) is 29.8 Å². The number of nitrogens with one attached hydrogen (secondary N) is 1. The highest BCUT2D eigenvalue weighted by Gasteiger charge is 2.37. The van der Waals surface area contributed by atoms with E-state index in [0.29, 0.717) is 11.6 Å². The third-order valence-corrected chi connectivity index (χ3v) is 4.30. The van der Waals surface area contributed by atoms with Crippen molar-refractivity contribution in [2.75, 3.05) is 0 Å². The van der Waals surface area contributed by atoms with Gasteiger partial charge in [-0.05, 0) is 36.3 Å². The zero-order valence-corrected chi connectivity index (χ0v) is 16.8. The van der Waals surface area contributed by atoms with Crippen LogP contribution < -0.4 is 5.32 Å². The van der Waals surface area contributed by atoms with Crippen molar-refractivity contribution >= 4 is 5.91 Å². The van der Waals surface area contributed by atoms with Crippen LogP contribution in [0.5, 0.6) is 0 Å². The van der Waals surface area contributed by atoms with Gasteiger partial charge in [0.15, 0.2) is 0 Å². The van der Waals surface area contributed by atoms with Gasteiger partial charge in [-0.2, -0.15) is 26.3 Å². The number of carbonyl (C=O) groups is 1. The molecule has 4 nitrogen and oxygen atoms in total. The fourth-order valence-electron chi connectivity index (χ4n) is 2.77. The van der Waals surface area contributed by atoms with Crippen LogP contribution in [0.4, 0.5) is 26.3 Å². The Hall–Kier alpha value is -3.43. The number of amides is 1. The molecule has 0 saturated carbocycles. The fraction of sp³-hybridized carbons (Fsp3) is 0.227. The average molecular weight is 455 g/mol. The molecule has 10 heteroatoms. The van der Waals surface area contributed by atoms with Crippen molar-refractivity contribution < 1.29 is 31.1 Å². The van der Waals surface area contributed by atoms with Gasteiger partial charge in [0, 0.05) is 18.6 Å². The molecule has 0 bridgehead atoms. The van der Waals surface area contributed by atoms with Crippen molar-refractivity contribution in [1.29, 1.82) is 0 Å². The molecular weight excluding hydrogens is 436 g/mol. The summed E-state index contributed by atoms with van der Waals surface area (Å²) in [7, 11) is 0. The van der Waals surface area contributed by atoms with Gasteiger partial charge >= 0.3 is 12.4 Å². The van der Waals surface area contributed by atoms with Crippen LogP contribution in [0, 0.1) is 0 Å². The Balaban J connectivity index is 2.42. The Morgan fingerprint density at radius 1 is 1.12 bits per heavy atom. The summed E-state index contributed by atoms with van der Waals surface area (Å²) in [5.41, 5.74) is -2.45. The molecule has 0 aromatic carbocycles. The van der Waals surface area contributed by atoms with Gasteiger partial charge in [0.2, 0.25) is 5.91 Å². The first kappa shape index (κ1) is 24.8. The van der Waals surface area contributed by atoms with E-state index in [4.69, 9.17) is 0 Å². The normalized spacial score (nSPS) is 13.8. The van der Waals surface area contributed by atoms with Crippen molar-refractivity contribution in [1.82, 2.24) is 15.3 Å². The van der Waals surface area contributed by atoms with Crippen LogP contribution >= 0.6 is 0 Å². The molecule has 1 amide bonds. The van der Waals surface area contributed by atoms with Crippen molar-refractivity contribution in [3.63, 3.8) is 0 Å². The number of pyridine rings is 2. The molecule has 0 saturated heterocycles. The Labute approximate surface area is 180 Å². The topological polar surface area (TPSA) is 54.9 Å². The Morgan fingerprint density at radius 2 is 1.81 bits per heavy atom. The monoisotopic (exact) mass is 455 g/mol. The van der Waals surface area contributed by atoms with E-state index in [1.807, 2.05) is 0 Å². The van der Waals surface area contributed by atoms with Crippen molar-refractivity contribution in [3.05, 3.63) is 95.6 Å². The summed E-state index contributed by atoms with van der Waals surface area (Å²) in [5.74, 6) is -0.682. The highest BCUT2D eigenvalue weighted by atomic mass is 19.4. The third kappa shape index (κ3) is 6.79. The maximum atomic E-state index is 13.5. The van der Waals surface area contributed by atoms with Gasteiger partial charge in [-0.3, -0.25) is 14.8 Å². The second-order valence-electron chi connectivity index (χ2n) is 6.62. The number of hydrogen-bond acceptors (Lipinski definition) is 3. The summed E-state index contributed by atoms with van der Waals surface area (Å²) in [5, 5.41) is 2.39. The fourth-order valence-corrected chi connectivity index (χ4v) is 2.77. The summed E-state index contributed by atoms with van der Waals surface area (Å²) in [6.07, 6.45) is -3.29. The maximum absolute atomic E-state index is 13.5. The second-order valence-corrected chi connectivity index (χ2v) is 6.62. The molecule has 0 aliphatic carbocycles. The largest absolute Gasteiger partial charge is 0.418 e.